The van der Waals surface area contributed by atoms with Crippen molar-refractivity contribution in [2.75, 3.05) is 12.4 Å². The molecule has 0 amide bonds. The summed E-state index contributed by atoms with van der Waals surface area (Å²) in [4.78, 5) is 8.79. The van der Waals surface area contributed by atoms with Gasteiger partial charge in [0.05, 0.1) is 12.7 Å². The van der Waals surface area contributed by atoms with Crippen molar-refractivity contribution in [3.05, 3.63) is 84.1 Å². The van der Waals surface area contributed by atoms with E-state index in [2.05, 4.69) is 25.5 Å². The first-order chi connectivity index (χ1) is 15.4. The lowest BCUT2D eigenvalue weighted by molar-refractivity contribution is -0.137. The summed E-state index contributed by atoms with van der Waals surface area (Å²) in [5, 5.41) is 11.6. The summed E-state index contributed by atoms with van der Waals surface area (Å²) in [6, 6.07) is 17.5. The largest absolute Gasteiger partial charge is 0.497 e. The smallest absolute Gasteiger partial charge is 0.416 e. The van der Waals surface area contributed by atoms with Crippen LogP contribution in [0.4, 0.5) is 19.0 Å². The summed E-state index contributed by atoms with van der Waals surface area (Å²) in [5.74, 6) is 1.39. The third-order valence-corrected chi connectivity index (χ3v) is 4.66. The standard InChI is InChI=1S/C23H18F3N5O/c1-32-18-6-4-5-15(13-18)14-28-22-20(16-8-10-17(11-9-16)23(24,25)26)30-31-21(29-22)19-7-2-3-12-27-19/h2-13H,14H2,1H3,(H,28,29,31). The van der Waals surface area contributed by atoms with E-state index >= 15 is 0 Å². The number of aromatic nitrogens is 4. The number of methoxy groups -OCH3 is 1. The van der Waals surface area contributed by atoms with Crippen LogP contribution in [-0.4, -0.2) is 27.3 Å². The number of nitrogens with one attached hydrogen (secondary N) is 1. The van der Waals surface area contributed by atoms with E-state index < -0.39 is 11.7 Å². The fourth-order valence-electron chi connectivity index (χ4n) is 3.03. The molecule has 0 saturated heterocycles. The zero-order chi connectivity index (χ0) is 22.6. The Hall–Kier alpha value is -4.01. The van der Waals surface area contributed by atoms with Crippen LogP contribution in [0.1, 0.15) is 11.1 Å². The molecule has 2 aromatic heterocycles. The van der Waals surface area contributed by atoms with Crippen molar-refractivity contribution in [3.8, 4) is 28.5 Å². The lowest BCUT2D eigenvalue weighted by atomic mass is 10.1. The highest BCUT2D eigenvalue weighted by Crippen LogP contribution is 2.32. The van der Waals surface area contributed by atoms with Crippen LogP contribution in [0.15, 0.2) is 72.9 Å². The zero-order valence-corrected chi connectivity index (χ0v) is 17.0. The van der Waals surface area contributed by atoms with Crippen LogP contribution in [0.5, 0.6) is 5.75 Å². The van der Waals surface area contributed by atoms with E-state index in [1.165, 1.54) is 12.1 Å². The third-order valence-electron chi connectivity index (χ3n) is 4.66. The summed E-state index contributed by atoms with van der Waals surface area (Å²) in [6.07, 6.45) is -2.80. The third kappa shape index (κ3) is 4.83. The molecule has 0 fully saturated rings. The second-order valence-electron chi connectivity index (χ2n) is 6.83. The molecular formula is C23H18F3N5O. The van der Waals surface area contributed by atoms with E-state index in [0.29, 0.717) is 40.9 Å². The van der Waals surface area contributed by atoms with Crippen molar-refractivity contribution < 1.29 is 17.9 Å². The van der Waals surface area contributed by atoms with E-state index in [4.69, 9.17) is 4.74 Å². The Labute approximate surface area is 182 Å². The van der Waals surface area contributed by atoms with Gasteiger partial charge in [-0.3, -0.25) is 4.98 Å². The first-order valence-electron chi connectivity index (χ1n) is 9.64. The molecule has 162 valence electrons. The second kappa shape index (κ2) is 9.01. The highest BCUT2D eigenvalue weighted by Gasteiger charge is 2.30. The molecule has 4 aromatic rings. The molecule has 32 heavy (non-hydrogen) atoms. The van der Waals surface area contributed by atoms with Crippen molar-refractivity contribution in [3.63, 3.8) is 0 Å². The van der Waals surface area contributed by atoms with Gasteiger partial charge in [0.2, 0.25) is 5.82 Å². The number of hydrogen-bond acceptors (Lipinski definition) is 6. The minimum Gasteiger partial charge on any atom is -0.497 e. The van der Waals surface area contributed by atoms with E-state index in [9.17, 15) is 13.2 Å². The molecule has 9 heteroatoms. The van der Waals surface area contributed by atoms with E-state index in [1.807, 2.05) is 24.3 Å². The van der Waals surface area contributed by atoms with Gasteiger partial charge in [-0.25, -0.2) is 4.98 Å². The number of anilines is 1. The first kappa shape index (κ1) is 21.2. The Kier molecular flexibility index (Phi) is 5.98. The lowest BCUT2D eigenvalue weighted by Crippen LogP contribution is -2.08. The van der Waals surface area contributed by atoms with Crippen molar-refractivity contribution in [2.45, 2.75) is 12.7 Å². The van der Waals surface area contributed by atoms with Crippen molar-refractivity contribution in [1.29, 1.82) is 0 Å². The summed E-state index contributed by atoms with van der Waals surface area (Å²) in [6.45, 7) is 0.394. The van der Waals surface area contributed by atoms with Gasteiger partial charge in [-0.15, -0.1) is 10.2 Å². The quantitative estimate of drug-likeness (QED) is 0.445. The lowest BCUT2D eigenvalue weighted by Gasteiger charge is -2.13. The maximum Gasteiger partial charge on any atom is 0.416 e. The van der Waals surface area contributed by atoms with Crippen LogP contribution < -0.4 is 10.1 Å². The summed E-state index contributed by atoms with van der Waals surface area (Å²) in [5.41, 5.74) is 1.52. The predicted molar refractivity (Wildman–Crippen MR) is 114 cm³/mol. The maximum absolute atomic E-state index is 12.9. The van der Waals surface area contributed by atoms with Gasteiger partial charge in [0.1, 0.15) is 17.1 Å². The average molecular weight is 437 g/mol. The molecule has 0 unspecified atom stereocenters. The van der Waals surface area contributed by atoms with Gasteiger partial charge in [0, 0.05) is 18.3 Å². The number of rotatable bonds is 6. The molecule has 4 rings (SSSR count). The van der Waals surface area contributed by atoms with Gasteiger partial charge < -0.3 is 10.1 Å². The number of nitrogens with zero attached hydrogens (tertiary/aromatic N) is 4. The van der Waals surface area contributed by atoms with Crippen molar-refractivity contribution in [2.24, 2.45) is 0 Å². The average Bonchev–Trinajstić information content (AvgIpc) is 2.83. The number of pyridine rings is 1. The monoisotopic (exact) mass is 437 g/mol. The number of alkyl halides is 3. The molecule has 2 heterocycles. The van der Waals surface area contributed by atoms with Crippen LogP contribution in [0.2, 0.25) is 0 Å². The molecular weight excluding hydrogens is 419 g/mol. The van der Waals surface area contributed by atoms with E-state index in [-0.39, 0.29) is 0 Å². The Morgan fingerprint density at radius 1 is 0.938 bits per heavy atom. The molecule has 0 radical (unpaired) electrons. The molecule has 0 bridgehead atoms. The first-order valence-corrected chi connectivity index (χ1v) is 9.64. The summed E-state index contributed by atoms with van der Waals surface area (Å²) < 4.78 is 44.1. The van der Waals surface area contributed by atoms with Gasteiger partial charge in [-0.2, -0.15) is 13.2 Å². The molecule has 0 aliphatic carbocycles. The molecule has 1 N–H and O–H groups in total. The number of halogens is 3. The fourth-order valence-corrected chi connectivity index (χ4v) is 3.03. The molecule has 6 nitrogen and oxygen atoms in total. The second-order valence-corrected chi connectivity index (χ2v) is 6.83. The van der Waals surface area contributed by atoms with Crippen molar-refractivity contribution in [1.82, 2.24) is 20.2 Å². The van der Waals surface area contributed by atoms with Gasteiger partial charge in [0.25, 0.3) is 0 Å². The Balaban J connectivity index is 1.70. The minimum atomic E-state index is -4.42. The minimum absolute atomic E-state index is 0.300. The molecule has 0 aliphatic heterocycles. The number of benzene rings is 2. The van der Waals surface area contributed by atoms with Crippen LogP contribution in [0.25, 0.3) is 22.8 Å². The van der Waals surface area contributed by atoms with E-state index in [1.54, 1.807) is 31.5 Å². The van der Waals surface area contributed by atoms with Crippen LogP contribution in [-0.2, 0) is 12.7 Å². The molecule has 2 aromatic carbocycles. The molecule has 0 aliphatic rings. The zero-order valence-electron chi connectivity index (χ0n) is 17.0. The maximum atomic E-state index is 12.9. The molecule has 0 saturated carbocycles. The van der Waals surface area contributed by atoms with Crippen LogP contribution in [0, 0.1) is 0 Å². The van der Waals surface area contributed by atoms with Gasteiger partial charge in [-0.1, -0.05) is 30.3 Å². The SMILES string of the molecule is COc1cccc(CNc2nc(-c3ccccn3)nnc2-c2ccc(C(F)(F)F)cc2)c1. The number of hydrogen-bond donors (Lipinski definition) is 1. The molecule has 0 spiro atoms. The molecule has 0 atom stereocenters. The normalized spacial score (nSPS) is 11.2. The Bertz CT molecular complexity index is 1200. The topological polar surface area (TPSA) is 72.8 Å². The highest BCUT2D eigenvalue weighted by molar-refractivity contribution is 5.72. The van der Waals surface area contributed by atoms with Gasteiger partial charge in [0.15, 0.2) is 5.82 Å². The van der Waals surface area contributed by atoms with Gasteiger partial charge in [-0.05, 0) is 42.0 Å². The fraction of sp³-hybridized carbons (Fsp3) is 0.130. The number of ether oxygens (including phenoxy) is 1. The summed E-state index contributed by atoms with van der Waals surface area (Å²) in [7, 11) is 1.59. The van der Waals surface area contributed by atoms with Gasteiger partial charge >= 0.3 is 6.18 Å². The van der Waals surface area contributed by atoms with Crippen LogP contribution >= 0.6 is 0 Å². The Morgan fingerprint density at radius 2 is 1.75 bits per heavy atom. The predicted octanol–water partition coefficient (Wildman–Crippen LogP) is 5.24. The summed E-state index contributed by atoms with van der Waals surface area (Å²) >= 11 is 0. The van der Waals surface area contributed by atoms with E-state index in [0.717, 1.165) is 17.7 Å². The highest BCUT2D eigenvalue weighted by atomic mass is 19.4. The van der Waals surface area contributed by atoms with Crippen molar-refractivity contribution >= 4 is 5.82 Å². The Morgan fingerprint density at radius 3 is 2.44 bits per heavy atom. The van der Waals surface area contributed by atoms with Crippen LogP contribution in [0.3, 0.4) is 0 Å².